The third-order valence-corrected chi connectivity index (χ3v) is 2.83. The molecule has 1 aliphatic rings. The van der Waals surface area contributed by atoms with Gasteiger partial charge in [0, 0.05) is 6.04 Å². The Labute approximate surface area is 100 Å². The Balaban J connectivity index is 2.01. The Bertz CT molecular complexity index is 388. The Hall–Kier alpha value is -0.800. The zero-order valence-corrected chi connectivity index (χ0v) is 10.1. The number of hydrogen-bond acceptors (Lipinski definition) is 1. The standard InChI is InChI=1S/C11H13ClN2S/c1-7-2-5-9(12)10(6-7)14-11(15)13-8-3-4-8/h2,5-6,8H,3-4H2,1H3,(H2,13,14,15). The predicted molar refractivity (Wildman–Crippen MR) is 68.6 cm³/mol. The van der Waals surface area contributed by atoms with E-state index in [0.717, 1.165) is 11.3 Å². The second-order valence-corrected chi connectivity index (χ2v) is 4.67. The van der Waals surface area contributed by atoms with Crippen LogP contribution in [0.1, 0.15) is 18.4 Å². The molecule has 0 aromatic heterocycles. The van der Waals surface area contributed by atoms with Crippen molar-refractivity contribution in [2.75, 3.05) is 5.32 Å². The first-order valence-corrected chi connectivity index (χ1v) is 5.77. The van der Waals surface area contributed by atoms with E-state index in [2.05, 4.69) is 10.6 Å². The fourth-order valence-corrected chi connectivity index (χ4v) is 1.75. The van der Waals surface area contributed by atoms with E-state index in [1.807, 2.05) is 25.1 Å². The van der Waals surface area contributed by atoms with Crippen molar-refractivity contribution in [1.82, 2.24) is 5.32 Å². The van der Waals surface area contributed by atoms with Crippen LogP contribution < -0.4 is 10.6 Å². The molecule has 0 atom stereocenters. The van der Waals surface area contributed by atoms with Crippen LogP contribution in [0.3, 0.4) is 0 Å². The van der Waals surface area contributed by atoms with Crippen molar-refractivity contribution in [3.63, 3.8) is 0 Å². The number of anilines is 1. The molecule has 1 saturated carbocycles. The van der Waals surface area contributed by atoms with Gasteiger partial charge in [-0.15, -0.1) is 0 Å². The van der Waals surface area contributed by atoms with Gasteiger partial charge in [-0.25, -0.2) is 0 Å². The molecule has 1 aromatic rings. The quantitative estimate of drug-likeness (QED) is 0.777. The van der Waals surface area contributed by atoms with E-state index < -0.39 is 0 Å². The maximum atomic E-state index is 6.04. The van der Waals surface area contributed by atoms with Crippen LogP contribution in [0.5, 0.6) is 0 Å². The number of thiocarbonyl (C=S) groups is 1. The summed E-state index contributed by atoms with van der Waals surface area (Å²) >= 11 is 11.2. The molecule has 0 radical (unpaired) electrons. The number of aryl methyl sites for hydroxylation is 1. The molecule has 15 heavy (non-hydrogen) atoms. The lowest BCUT2D eigenvalue weighted by molar-refractivity contribution is 0.919. The second kappa shape index (κ2) is 4.37. The minimum absolute atomic E-state index is 0.564. The molecule has 2 nitrogen and oxygen atoms in total. The number of hydrogen-bond donors (Lipinski definition) is 2. The summed E-state index contributed by atoms with van der Waals surface area (Å²) in [6, 6.07) is 6.40. The minimum atomic E-state index is 0.564. The van der Waals surface area contributed by atoms with Crippen molar-refractivity contribution in [2.24, 2.45) is 0 Å². The van der Waals surface area contributed by atoms with Gasteiger partial charge in [-0.3, -0.25) is 0 Å². The molecule has 0 amide bonds. The van der Waals surface area contributed by atoms with Crippen LogP contribution in [0.15, 0.2) is 18.2 Å². The summed E-state index contributed by atoms with van der Waals surface area (Å²) in [4.78, 5) is 0. The fraction of sp³-hybridized carbons (Fsp3) is 0.364. The van der Waals surface area contributed by atoms with Crippen LogP contribution in [-0.2, 0) is 0 Å². The van der Waals surface area contributed by atoms with Crippen LogP contribution in [0.2, 0.25) is 5.02 Å². The molecule has 4 heteroatoms. The molecular formula is C11H13ClN2S. The van der Waals surface area contributed by atoms with Gasteiger partial charge in [-0.05, 0) is 49.7 Å². The molecule has 1 aromatic carbocycles. The van der Waals surface area contributed by atoms with Gasteiger partial charge in [-0.2, -0.15) is 0 Å². The average Bonchev–Trinajstić information content (AvgIpc) is 2.95. The summed E-state index contributed by atoms with van der Waals surface area (Å²) in [5.74, 6) is 0. The van der Waals surface area contributed by atoms with Crippen LogP contribution in [0.4, 0.5) is 5.69 Å². The summed E-state index contributed by atoms with van der Waals surface area (Å²) < 4.78 is 0. The molecule has 0 aliphatic heterocycles. The maximum Gasteiger partial charge on any atom is 0.171 e. The van der Waals surface area contributed by atoms with Gasteiger partial charge in [0.05, 0.1) is 10.7 Å². The molecule has 1 aliphatic carbocycles. The zero-order valence-electron chi connectivity index (χ0n) is 8.51. The average molecular weight is 241 g/mol. The van der Waals surface area contributed by atoms with Crippen LogP contribution in [-0.4, -0.2) is 11.2 Å². The van der Waals surface area contributed by atoms with Crippen LogP contribution in [0, 0.1) is 6.92 Å². The molecular weight excluding hydrogens is 228 g/mol. The lowest BCUT2D eigenvalue weighted by Crippen LogP contribution is -2.30. The van der Waals surface area contributed by atoms with Crippen LogP contribution >= 0.6 is 23.8 Å². The van der Waals surface area contributed by atoms with Crippen molar-refractivity contribution < 1.29 is 0 Å². The molecule has 0 saturated heterocycles. The van der Waals surface area contributed by atoms with Crippen LogP contribution in [0.25, 0.3) is 0 Å². The Kier molecular flexibility index (Phi) is 3.12. The third-order valence-electron chi connectivity index (χ3n) is 2.28. The van der Waals surface area contributed by atoms with Crippen molar-refractivity contribution >= 4 is 34.6 Å². The topological polar surface area (TPSA) is 24.1 Å². The highest BCUT2D eigenvalue weighted by atomic mass is 35.5. The summed E-state index contributed by atoms with van der Waals surface area (Å²) in [6.07, 6.45) is 2.42. The van der Waals surface area contributed by atoms with Crippen molar-refractivity contribution in [3.05, 3.63) is 28.8 Å². The van der Waals surface area contributed by atoms with E-state index in [0.29, 0.717) is 16.2 Å². The predicted octanol–water partition coefficient (Wildman–Crippen LogP) is 3.10. The van der Waals surface area contributed by atoms with Crippen molar-refractivity contribution in [3.8, 4) is 0 Å². The first kappa shape index (κ1) is 10.7. The van der Waals surface area contributed by atoms with Gasteiger partial charge in [0.25, 0.3) is 0 Å². The lowest BCUT2D eigenvalue weighted by atomic mass is 10.2. The molecule has 0 bridgehead atoms. The summed E-state index contributed by atoms with van der Waals surface area (Å²) in [5.41, 5.74) is 2.03. The fourth-order valence-electron chi connectivity index (χ4n) is 1.31. The van der Waals surface area contributed by atoms with Crippen molar-refractivity contribution in [2.45, 2.75) is 25.8 Å². The van der Waals surface area contributed by atoms with E-state index in [9.17, 15) is 0 Å². The SMILES string of the molecule is Cc1ccc(Cl)c(NC(=S)NC2CC2)c1. The Morgan fingerprint density at radius 2 is 2.20 bits per heavy atom. The summed E-state index contributed by atoms with van der Waals surface area (Å²) in [7, 11) is 0. The van der Waals surface area contributed by atoms with E-state index in [-0.39, 0.29) is 0 Å². The summed E-state index contributed by atoms with van der Waals surface area (Å²) in [6.45, 7) is 2.03. The number of rotatable bonds is 2. The first-order chi connectivity index (χ1) is 7.15. The van der Waals surface area contributed by atoms with Gasteiger partial charge in [0.2, 0.25) is 0 Å². The highest BCUT2D eigenvalue weighted by Crippen LogP contribution is 2.23. The smallest absolute Gasteiger partial charge is 0.171 e. The molecule has 80 valence electrons. The molecule has 0 unspecified atom stereocenters. The maximum absolute atomic E-state index is 6.04. The molecule has 0 spiro atoms. The Morgan fingerprint density at radius 3 is 2.87 bits per heavy atom. The zero-order chi connectivity index (χ0) is 10.8. The second-order valence-electron chi connectivity index (χ2n) is 3.86. The Morgan fingerprint density at radius 1 is 1.47 bits per heavy atom. The van der Waals surface area contributed by atoms with Gasteiger partial charge in [-0.1, -0.05) is 17.7 Å². The third kappa shape index (κ3) is 3.08. The van der Waals surface area contributed by atoms with E-state index in [1.54, 1.807) is 0 Å². The highest BCUT2D eigenvalue weighted by molar-refractivity contribution is 7.80. The van der Waals surface area contributed by atoms with E-state index in [1.165, 1.54) is 12.8 Å². The largest absolute Gasteiger partial charge is 0.360 e. The molecule has 2 rings (SSSR count). The van der Waals surface area contributed by atoms with Gasteiger partial charge in [0.15, 0.2) is 5.11 Å². The number of halogens is 1. The van der Waals surface area contributed by atoms with Gasteiger partial charge in [0.1, 0.15) is 0 Å². The van der Waals surface area contributed by atoms with Gasteiger partial charge >= 0.3 is 0 Å². The first-order valence-electron chi connectivity index (χ1n) is 4.99. The van der Waals surface area contributed by atoms with E-state index >= 15 is 0 Å². The number of nitrogens with one attached hydrogen (secondary N) is 2. The molecule has 1 fully saturated rings. The highest BCUT2D eigenvalue weighted by Gasteiger charge is 2.21. The lowest BCUT2D eigenvalue weighted by Gasteiger charge is -2.11. The molecule has 2 N–H and O–H groups in total. The normalized spacial score (nSPS) is 14.8. The molecule has 0 heterocycles. The number of benzene rings is 1. The summed E-state index contributed by atoms with van der Waals surface area (Å²) in [5, 5.41) is 7.67. The van der Waals surface area contributed by atoms with E-state index in [4.69, 9.17) is 23.8 Å². The minimum Gasteiger partial charge on any atom is -0.360 e. The van der Waals surface area contributed by atoms with Gasteiger partial charge < -0.3 is 10.6 Å². The monoisotopic (exact) mass is 240 g/mol. The van der Waals surface area contributed by atoms with Crippen molar-refractivity contribution in [1.29, 1.82) is 0 Å².